The molecule has 78 valence electrons. The van der Waals surface area contributed by atoms with Gasteiger partial charge in [-0.2, -0.15) is 0 Å². The molecule has 0 spiro atoms. The summed E-state index contributed by atoms with van der Waals surface area (Å²) >= 11 is 1.49. The fourth-order valence-electron chi connectivity index (χ4n) is 1.28. The molecule has 5 heteroatoms. The third kappa shape index (κ3) is 1.78. The summed E-state index contributed by atoms with van der Waals surface area (Å²) in [4.78, 5) is 16.5. The van der Waals surface area contributed by atoms with Crippen molar-refractivity contribution < 1.29 is 9.53 Å². The summed E-state index contributed by atoms with van der Waals surface area (Å²) in [6, 6.07) is 3.61. The molecule has 0 bridgehead atoms. The van der Waals surface area contributed by atoms with Gasteiger partial charge in [0.25, 0.3) is 0 Å². The second-order valence-corrected chi connectivity index (χ2v) is 3.85. The normalized spacial score (nSPS) is 10.5. The molecule has 2 N–H and O–H groups in total. The summed E-state index contributed by atoms with van der Waals surface area (Å²) in [6.07, 6.45) is 0. The van der Waals surface area contributed by atoms with Crippen LogP contribution in [0, 0.1) is 0 Å². The van der Waals surface area contributed by atoms with E-state index in [4.69, 9.17) is 10.5 Å². The fraction of sp³-hybridized carbons (Fsp3) is 0.200. The molecule has 15 heavy (non-hydrogen) atoms. The van der Waals surface area contributed by atoms with Gasteiger partial charge < -0.3 is 10.5 Å². The van der Waals surface area contributed by atoms with E-state index in [0.29, 0.717) is 12.2 Å². The molecule has 0 aliphatic carbocycles. The number of carbonyl (C=O) groups is 1. The Balaban J connectivity index is 2.50. The molecule has 0 aromatic carbocycles. The first-order chi connectivity index (χ1) is 7.22. The first-order valence-corrected chi connectivity index (χ1v) is 5.41. The lowest BCUT2D eigenvalue weighted by molar-refractivity contribution is 0.0527. The Kier molecular flexibility index (Phi) is 2.55. The van der Waals surface area contributed by atoms with E-state index in [0.717, 1.165) is 10.2 Å². The molecule has 0 aliphatic heterocycles. The molecule has 0 saturated carbocycles. The van der Waals surface area contributed by atoms with Crippen molar-refractivity contribution in [2.75, 3.05) is 12.3 Å². The van der Waals surface area contributed by atoms with Gasteiger partial charge in [0.2, 0.25) is 0 Å². The molecule has 4 nitrogen and oxygen atoms in total. The van der Waals surface area contributed by atoms with Crippen LogP contribution in [0.3, 0.4) is 0 Å². The molecule has 2 aromatic rings. The Morgan fingerprint density at radius 3 is 3.20 bits per heavy atom. The Labute approximate surface area is 90.7 Å². The van der Waals surface area contributed by atoms with Gasteiger partial charge in [-0.05, 0) is 24.4 Å². The minimum absolute atomic E-state index is 0.225. The molecule has 0 amide bonds. The second-order valence-electron chi connectivity index (χ2n) is 2.96. The zero-order chi connectivity index (χ0) is 10.8. The molecule has 0 unspecified atom stereocenters. The highest BCUT2D eigenvalue weighted by Crippen LogP contribution is 2.23. The average molecular weight is 222 g/mol. The van der Waals surface area contributed by atoms with Crippen molar-refractivity contribution >= 4 is 33.3 Å². The highest BCUT2D eigenvalue weighted by Gasteiger charge is 2.13. The van der Waals surface area contributed by atoms with Gasteiger partial charge in [0.15, 0.2) is 0 Å². The summed E-state index contributed by atoms with van der Waals surface area (Å²) in [7, 11) is 0. The minimum atomic E-state index is -0.421. The number of hydrogen-bond donors (Lipinski definition) is 1. The maximum Gasteiger partial charge on any atom is 0.341 e. The van der Waals surface area contributed by atoms with Crippen LogP contribution in [0.2, 0.25) is 0 Å². The topological polar surface area (TPSA) is 65.2 Å². The smallest absolute Gasteiger partial charge is 0.341 e. The Bertz CT molecular complexity index is 507. The molecule has 0 radical (unpaired) electrons. The van der Waals surface area contributed by atoms with E-state index in [1.54, 1.807) is 13.0 Å². The van der Waals surface area contributed by atoms with Crippen molar-refractivity contribution in [3.05, 3.63) is 23.1 Å². The third-order valence-corrected chi connectivity index (χ3v) is 2.79. The number of anilines is 1. The van der Waals surface area contributed by atoms with E-state index < -0.39 is 5.97 Å². The van der Waals surface area contributed by atoms with Crippen LogP contribution in [-0.2, 0) is 4.74 Å². The van der Waals surface area contributed by atoms with Crippen molar-refractivity contribution in [1.29, 1.82) is 0 Å². The third-order valence-electron chi connectivity index (χ3n) is 1.97. The van der Waals surface area contributed by atoms with Crippen LogP contribution >= 0.6 is 11.3 Å². The minimum Gasteiger partial charge on any atom is -0.462 e. The van der Waals surface area contributed by atoms with E-state index in [1.165, 1.54) is 11.3 Å². The maximum absolute atomic E-state index is 11.5. The average Bonchev–Trinajstić information content (AvgIpc) is 2.63. The van der Waals surface area contributed by atoms with Crippen LogP contribution in [0.1, 0.15) is 17.3 Å². The van der Waals surface area contributed by atoms with Crippen molar-refractivity contribution in [3.8, 4) is 0 Å². The molecular weight excluding hydrogens is 212 g/mol. The lowest BCUT2D eigenvalue weighted by atomic mass is 10.2. The number of thiophene rings is 1. The quantitative estimate of drug-likeness (QED) is 0.790. The van der Waals surface area contributed by atoms with E-state index >= 15 is 0 Å². The summed E-state index contributed by atoms with van der Waals surface area (Å²) in [5.74, 6) is -0.195. The van der Waals surface area contributed by atoms with Gasteiger partial charge in [-0.25, -0.2) is 9.78 Å². The summed E-state index contributed by atoms with van der Waals surface area (Å²) in [5, 5.41) is 2.82. The largest absolute Gasteiger partial charge is 0.462 e. The number of pyridine rings is 1. The van der Waals surface area contributed by atoms with Crippen LogP contribution in [-0.4, -0.2) is 17.6 Å². The summed E-state index contributed by atoms with van der Waals surface area (Å²) < 4.78 is 4.88. The van der Waals surface area contributed by atoms with Crippen LogP contribution in [0.15, 0.2) is 17.5 Å². The van der Waals surface area contributed by atoms with E-state index in [-0.39, 0.29) is 5.82 Å². The summed E-state index contributed by atoms with van der Waals surface area (Å²) in [6.45, 7) is 2.09. The van der Waals surface area contributed by atoms with Gasteiger partial charge in [-0.15, -0.1) is 11.3 Å². The number of aromatic nitrogens is 1. The van der Waals surface area contributed by atoms with E-state index in [9.17, 15) is 4.79 Å². The molecule has 0 atom stereocenters. The predicted molar refractivity (Wildman–Crippen MR) is 60.0 cm³/mol. The number of carbonyl (C=O) groups excluding carboxylic acids is 1. The molecule has 2 aromatic heterocycles. The number of rotatable bonds is 2. The highest BCUT2D eigenvalue weighted by atomic mass is 32.1. The molecule has 2 rings (SSSR count). The number of nitrogens with two attached hydrogens (primary N) is 1. The lowest BCUT2D eigenvalue weighted by Gasteiger charge is -2.04. The number of fused-ring (bicyclic) bond motifs is 1. The van der Waals surface area contributed by atoms with Gasteiger partial charge in [-0.3, -0.25) is 0 Å². The van der Waals surface area contributed by atoms with Gasteiger partial charge in [0.05, 0.1) is 6.61 Å². The Hall–Kier alpha value is -1.62. The Morgan fingerprint density at radius 2 is 2.47 bits per heavy atom. The number of hydrogen-bond acceptors (Lipinski definition) is 5. The second kappa shape index (κ2) is 3.86. The van der Waals surface area contributed by atoms with Crippen molar-refractivity contribution in [1.82, 2.24) is 4.98 Å². The van der Waals surface area contributed by atoms with Crippen molar-refractivity contribution in [2.24, 2.45) is 0 Å². The zero-order valence-corrected chi connectivity index (χ0v) is 9.00. The van der Waals surface area contributed by atoms with Gasteiger partial charge in [-0.1, -0.05) is 0 Å². The van der Waals surface area contributed by atoms with Crippen LogP contribution < -0.4 is 5.73 Å². The standard InChI is InChI=1S/C10H10N2O2S/c1-2-14-10(13)7-5-6-3-4-15-9(6)12-8(7)11/h3-5H,2H2,1H3,(H2,11,12). The fourth-order valence-corrected chi connectivity index (χ4v) is 2.04. The number of nitrogen functional groups attached to an aromatic ring is 1. The van der Waals surface area contributed by atoms with Crippen molar-refractivity contribution in [3.63, 3.8) is 0 Å². The van der Waals surface area contributed by atoms with E-state index in [1.807, 2.05) is 11.4 Å². The zero-order valence-electron chi connectivity index (χ0n) is 8.19. The first kappa shape index (κ1) is 9.92. The summed E-state index contributed by atoms with van der Waals surface area (Å²) in [5.41, 5.74) is 6.01. The SMILES string of the molecule is CCOC(=O)c1cc2ccsc2nc1N. The van der Waals surface area contributed by atoms with Gasteiger partial charge in [0, 0.05) is 5.39 Å². The Morgan fingerprint density at radius 1 is 1.67 bits per heavy atom. The highest BCUT2D eigenvalue weighted by molar-refractivity contribution is 7.16. The predicted octanol–water partition coefficient (Wildman–Crippen LogP) is 2.06. The van der Waals surface area contributed by atoms with E-state index in [2.05, 4.69) is 4.98 Å². The van der Waals surface area contributed by atoms with Crippen LogP contribution in [0.4, 0.5) is 5.82 Å². The molecule has 2 heterocycles. The van der Waals surface area contributed by atoms with Gasteiger partial charge in [0.1, 0.15) is 16.2 Å². The molecular formula is C10H10N2O2S. The number of esters is 1. The van der Waals surface area contributed by atoms with Crippen LogP contribution in [0.5, 0.6) is 0 Å². The maximum atomic E-state index is 11.5. The monoisotopic (exact) mass is 222 g/mol. The van der Waals surface area contributed by atoms with Crippen molar-refractivity contribution in [2.45, 2.75) is 6.92 Å². The van der Waals surface area contributed by atoms with Crippen LogP contribution in [0.25, 0.3) is 10.2 Å². The first-order valence-electron chi connectivity index (χ1n) is 4.53. The molecule has 0 saturated heterocycles. The lowest BCUT2D eigenvalue weighted by Crippen LogP contribution is -2.09. The number of ether oxygens (including phenoxy) is 1. The van der Waals surface area contributed by atoms with Gasteiger partial charge >= 0.3 is 5.97 Å². The number of nitrogens with zero attached hydrogens (tertiary/aromatic N) is 1. The molecule has 0 fully saturated rings. The molecule has 0 aliphatic rings.